The minimum Gasteiger partial charge on any atom is -0.489 e. The molecule has 1 aromatic carbocycles. The Hall–Kier alpha value is -5.05. The van der Waals surface area contributed by atoms with Crippen molar-refractivity contribution in [1.82, 2.24) is 15.2 Å². The number of nitrogens with one attached hydrogen (secondary N) is 2. The maximum Gasteiger partial charge on any atom is 0.407 e. The fourth-order valence-electron chi connectivity index (χ4n) is 8.25. The predicted molar refractivity (Wildman–Crippen MR) is 257 cm³/mol. The second-order valence-electron chi connectivity index (χ2n) is 16.6. The highest BCUT2D eigenvalue weighted by Crippen LogP contribution is 2.53. The number of alkyl carbamates (subject to hydrolysis) is 2. The second kappa shape index (κ2) is 29.6. The fourth-order valence-corrected chi connectivity index (χ4v) is 9.77. The Kier molecular flexibility index (Phi) is 23.8. The third-order valence-electron chi connectivity index (χ3n) is 11.5. The van der Waals surface area contributed by atoms with Gasteiger partial charge in [0.25, 0.3) is 0 Å². The summed E-state index contributed by atoms with van der Waals surface area (Å²) in [4.78, 5) is 86.6. The maximum atomic E-state index is 13.0. The molecule has 23 nitrogen and oxygen atoms in total. The summed E-state index contributed by atoms with van der Waals surface area (Å²) in [5, 5.41) is 5.58. The first-order chi connectivity index (χ1) is 34.6. The number of hydrogen-bond donors (Lipinski definition) is 2. The second-order valence-corrected chi connectivity index (χ2v) is 18.2. The van der Waals surface area contributed by atoms with E-state index >= 15 is 0 Å². The molecule has 2 heterocycles. The highest BCUT2D eigenvalue weighted by molar-refractivity contribution is 9.11. The molecule has 1 unspecified atom stereocenters. The van der Waals surface area contributed by atoms with E-state index in [1.54, 1.807) is 6.07 Å². The Labute approximate surface area is 432 Å². The van der Waals surface area contributed by atoms with E-state index in [1.807, 2.05) is 0 Å². The van der Waals surface area contributed by atoms with Crippen LogP contribution in [0.25, 0.3) is 10.9 Å². The number of aromatic nitrogens is 1. The number of nitrogens with zero attached hydrogens (tertiary/aromatic N) is 1. The zero-order chi connectivity index (χ0) is 52.2. The fraction of sp³-hybridized carbons (Fsp3) is 0.638. The minimum absolute atomic E-state index is 0.0108. The van der Waals surface area contributed by atoms with Crippen LogP contribution in [-0.4, -0.2) is 170 Å². The van der Waals surface area contributed by atoms with Crippen LogP contribution in [0.3, 0.4) is 0 Å². The summed E-state index contributed by atoms with van der Waals surface area (Å²) in [7, 11) is 1.06. The average molecular weight is 1150 g/mol. The van der Waals surface area contributed by atoms with E-state index in [9.17, 15) is 33.6 Å². The molecule has 72 heavy (non-hydrogen) atoms. The van der Waals surface area contributed by atoms with E-state index in [2.05, 4.69) is 54.6 Å². The molecule has 8 atom stereocenters. The van der Waals surface area contributed by atoms with Gasteiger partial charge in [-0.1, -0.05) is 12.2 Å². The number of ether oxygens (including phenoxy) is 13. The van der Waals surface area contributed by atoms with Gasteiger partial charge in [-0.3, -0.25) is 23.7 Å². The van der Waals surface area contributed by atoms with Gasteiger partial charge in [0, 0.05) is 40.8 Å². The highest BCUT2D eigenvalue weighted by atomic mass is 79.9. The van der Waals surface area contributed by atoms with E-state index in [0.717, 1.165) is 40.7 Å². The third-order valence-corrected chi connectivity index (χ3v) is 12.8. The molecule has 1 saturated carbocycles. The van der Waals surface area contributed by atoms with Gasteiger partial charge in [-0.15, -0.1) is 0 Å². The van der Waals surface area contributed by atoms with E-state index in [-0.39, 0.29) is 64.3 Å². The molecule has 0 spiro atoms. The molecule has 1 saturated heterocycles. The van der Waals surface area contributed by atoms with Crippen molar-refractivity contribution < 1.29 is 95.1 Å². The SMILES string of the molecule is COC(=O)[C@H]1O[C@@H](Oc2cn(C(C)=O)c3cc(Br)c(OCCOCCOCCOC(=O)NCCOCCOCCNC(=O)OCC4[C@H]5CC/C=C\CC[C@@H]45)c(Br)c23)[C@H](OC(C)=O)[C@@H](OC(C)=O)[C@@H]1OC(C)=O. The first-order valence-electron chi connectivity index (χ1n) is 23.5. The van der Waals surface area contributed by atoms with Gasteiger partial charge in [-0.25, -0.2) is 14.4 Å². The Bertz CT molecular complexity index is 2190. The normalized spacial score (nSPS) is 22.7. The molecule has 3 aliphatic rings. The Balaban J connectivity index is 0.970. The lowest BCUT2D eigenvalue weighted by atomic mass is 9.97. The summed E-state index contributed by atoms with van der Waals surface area (Å²) in [5.74, 6) is -1.93. The minimum atomic E-state index is -1.71. The standard InChI is InChI=1S/C47H63Br2N3O20/c1-27(53)52-25-36(71-45-43(70-30(4)56)41(69-29(3)55)40(68-28(2)54)42(72-45)44(57)60-5)37-35(52)24-34(48)39(38(37)49)65-22-20-63-18-19-64-21-23-66-46(58)50-12-14-61-16-17-62-15-13-51-47(59)67-26-33-31-10-8-6-7-9-11-32(31)33/h6-7,24-25,31-33,40-43,45H,8-23,26H2,1-5H3,(H,50,58)(H,51,59)/b7-6-/t31-,32+,33?,40-,41-,42-,43+,45+/m0/s1. The molecular formula is C47H63Br2N3O20. The van der Waals surface area contributed by atoms with Crippen LogP contribution < -0.4 is 20.1 Å². The van der Waals surface area contributed by atoms with Gasteiger partial charge in [0.15, 0.2) is 18.3 Å². The zero-order valence-corrected chi connectivity index (χ0v) is 44.0. The van der Waals surface area contributed by atoms with E-state index in [4.69, 9.17) is 61.6 Å². The number of halogens is 2. The van der Waals surface area contributed by atoms with Gasteiger partial charge in [0.05, 0.1) is 92.6 Å². The number of allylic oxidation sites excluding steroid dienone is 2. The first-order valence-corrected chi connectivity index (χ1v) is 25.0. The summed E-state index contributed by atoms with van der Waals surface area (Å²) in [6.07, 6.45) is 1.09. The van der Waals surface area contributed by atoms with E-state index in [1.165, 1.54) is 30.5 Å². The number of amides is 2. The van der Waals surface area contributed by atoms with Crippen LogP contribution in [-0.2, 0) is 71.3 Å². The van der Waals surface area contributed by atoms with Crippen LogP contribution >= 0.6 is 31.9 Å². The van der Waals surface area contributed by atoms with Crippen molar-refractivity contribution >= 4 is 84.7 Å². The van der Waals surface area contributed by atoms with Crippen LogP contribution in [0.2, 0.25) is 0 Å². The number of carbonyl (C=O) groups is 7. The summed E-state index contributed by atoms with van der Waals surface area (Å²) in [6, 6.07) is 1.61. The molecule has 2 N–H and O–H groups in total. The monoisotopic (exact) mass is 1150 g/mol. The molecule has 0 bridgehead atoms. The molecule has 1 aromatic heterocycles. The zero-order valence-electron chi connectivity index (χ0n) is 40.8. The maximum absolute atomic E-state index is 13.0. The van der Waals surface area contributed by atoms with Crippen LogP contribution in [0.4, 0.5) is 9.59 Å². The quantitative estimate of drug-likeness (QED) is 0.0527. The molecule has 2 aromatic rings. The van der Waals surface area contributed by atoms with Crippen molar-refractivity contribution in [2.45, 2.75) is 84.1 Å². The lowest BCUT2D eigenvalue weighted by Crippen LogP contribution is -2.64. The van der Waals surface area contributed by atoms with Crippen molar-refractivity contribution in [3.05, 3.63) is 33.4 Å². The van der Waals surface area contributed by atoms with Gasteiger partial charge in [0.1, 0.15) is 24.7 Å². The Morgan fingerprint density at radius 2 is 1.21 bits per heavy atom. The van der Waals surface area contributed by atoms with Crippen LogP contribution in [0.1, 0.15) is 58.2 Å². The molecular weight excluding hydrogens is 1090 g/mol. The Morgan fingerprint density at radius 1 is 0.681 bits per heavy atom. The highest BCUT2D eigenvalue weighted by Gasteiger charge is 2.56. The molecule has 25 heteroatoms. The molecule has 2 fully saturated rings. The van der Waals surface area contributed by atoms with Crippen LogP contribution in [0.15, 0.2) is 33.4 Å². The average Bonchev–Trinajstić information content (AvgIpc) is 3.82. The summed E-state index contributed by atoms with van der Waals surface area (Å²) in [6.45, 7) is 7.48. The molecule has 0 radical (unpaired) electrons. The summed E-state index contributed by atoms with van der Waals surface area (Å²) >= 11 is 7.06. The van der Waals surface area contributed by atoms with Crippen LogP contribution in [0, 0.1) is 17.8 Å². The molecule has 2 amide bonds. The van der Waals surface area contributed by atoms with Gasteiger partial charge in [-0.2, -0.15) is 0 Å². The van der Waals surface area contributed by atoms with Gasteiger partial charge in [0.2, 0.25) is 18.3 Å². The van der Waals surface area contributed by atoms with Gasteiger partial charge < -0.3 is 72.2 Å². The lowest BCUT2D eigenvalue weighted by molar-refractivity contribution is -0.282. The Morgan fingerprint density at radius 3 is 1.78 bits per heavy atom. The largest absolute Gasteiger partial charge is 0.489 e. The van der Waals surface area contributed by atoms with Crippen molar-refractivity contribution in [3.8, 4) is 11.5 Å². The van der Waals surface area contributed by atoms with Gasteiger partial charge in [-0.05, 0) is 81.4 Å². The topological polar surface area (TPSA) is 268 Å². The number of esters is 4. The molecule has 1 aliphatic heterocycles. The number of hydrogen-bond acceptors (Lipinski definition) is 20. The summed E-state index contributed by atoms with van der Waals surface area (Å²) < 4.78 is 74.0. The van der Waals surface area contributed by atoms with Crippen LogP contribution in [0.5, 0.6) is 11.5 Å². The number of carbonyl (C=O) groups excluding carboxylic acids is 7. The smallest absolute Gasteiger partial charge is 0.407 e. The number of fused-ring (bicyclic) bond motifs is 2. The van der Waals surface area contributed by atoms with Crippen molar-refractivity contribution in [1.29, 1.82) is 0 Å². The molecule has 5 rings (SSSR count). The number of methoxy groups -OCH3 is 1. The lowest BCUT2D eigenvalue weighted by Gasteiger charge is -2.43. The third kappa shape index (κ3) is 17.6. The van der Waals surface area contributed by atoms with Gasteiger partial charge >= 0.3 is 36.1 Å². The van der Waals surface area contributed by atoms with E-state index in [0.29, 0.717) is 70.6 Å². The van der Waals surface area contributed by atoms with Crippen molar-refractivity contribution in [2.24, 2.45) is 17.8 Å². The number of benzene rings is 1. The first kappa shape index (κ1) is 57.8. The van der Waals surface area contributed by atoms with E-state index < -0.39 is 72.7 Å². The predicted octanol–water partition coefficient (Wildman–Crippen LogP) is 4.79. The van der Waals surface area contributed by atoms with Crippen molar-refractivity contribution in [2.75, 3.05) is 92.9 Å². The summed E-state index contributed by atoms with van der Waals surface area (Å²) in [5.41, 5.74) is 0.343. The molecule has 2 aliphatic carbocycles. The van der Waals surface area contributed by atoms with Crippen molar-refractivity contribution in [3.63, 3.8) is 0 Å². The number of rotatable bonds is 27. The molecule has 400 valence electrons.